The predicted octanol–water partition coefficient (Wildman–Crippen LogP) is 5.33. The normalized spacial score (nSPS) is 10.9. The molecule has 0 aliphatic carbocycles. The Bertz CT molecular complexity index is 1240. The molecule has 1 N–H and O–H groups in total. The first kappa shape index (κ1) is 21.6. The molecule has 0 aliphatic rings. The first-order valence-electron chi connectivity index (χ1n) is 10.1. The number of ether oxygens (including phenoxy) is 1. The van der Waals surface area contributed by atoms with Crippen molar-refractivity contribution in [3.05, 3.63) is 93.5 Å². The molecule has 4 aromatic rings. The van der Waals surface area contributed by atoms with Gasteiger partial charge in [0.15, 0.2) is 11.5 Å². The highest BCUT2D eigenvalue weighted by molar-refractivity contribution is 6.33. The van der Waals surface area contributed by atoms with Crippen LogP contribution < -0.4 is 10.1 Å². The second kappa shape index (κ2) is 9.28. The van der Waals surface area contributed by atoms with E-state index in [0.29, 0.717) is 28.6 Å². The number of anilines is 1. The number of nitrogens with zero attached hydrogens (tertiary/aromatic N) is 3. The van der Waals surface area contributed by atoms with E-state index in [1.807, 2.05) is 56.3 Å². The molecule has 0 atom stereocenters. The Morgan fingerprint density at radius 2 is 1.91 bits per heavy atom. The summed E-state index contributed by atoms with van der Waals surface area (Å²) in [5.41, 5.74) is 4.09. The molecule has 0 saturated heterocycles. The Morgan fingerprint density at radius 1 is 1.12 bits per heavy atom. The van der Waals surface area contributed by atoms with E-state index in [1.165, 1.54) is 0 Å². The molecule has 2 aromatic carbocycles. The number of hydrogen-bond donors (Lipinski definition) is 1. The van der Waals surface area contributed by atoms with Gasteiger partial charge in [0.2, 0.25) is 0 Å². The van der Waals surface area contributed by atoms with Gasteiger partial charge in [-0.3, -0.25) is 9.48 Å². The highest BCUT2D eigenvalue weighted by Crippen LogP contribution is 2.23. The summed E-state index contributed by atoms with van der Waals surface area (Å²) < 4.78 is 12.7. The van der Waals surface area contributed by atoms with Crippen LogP contribution in [-0.4, -0.2) is 20.8 Å². The molecular weight excluding hydrogens is 428 g/mol. The number of halogens is 1. The lowest BCUT2D eigenvalue weighted by molar-refractivity contribution is 0.101. The maximum atomic E-state index is 12.9. The van der Waals surface area contributed by atoms with E-state index in [9.17, 15) is 4.79 Å². The zero-order valence-electron chi connectivity index (χ0n) is 18.1. The quantitative estimate of drug-likeness (QED) is 0.411. The molecule has 8 heteroatoms. The van der Waals surface area contributed by atoms with Crippen LogP contribution in [0.4, 0.5) is 5.82 Å². The fraction of sp³-hybridized carbons (Fsp3) is 0.208. The van der Waals surface area contributed by atoms with Crippen LogP contribution in [0.1, 0.15) is 38.5 Å². The molecular formula is C24H23ClN4O3. The Kier molecular flexibility index (Phi) is 6.28. The minimum Gasteiger partial charge on any atom is -0.489 e. The Morgan fingerprint density at radius 3 is 2.66 bits per heavy atom. The van der Waals surface area contributed by atoms with E-state index in [-0.39, 0.29) is 18.1 Å². The summed E-state index contributed by atoms with van der Waals surface area (Å²) in [5, 5.41) is 11.4. The van der Waals surface area contributed by atoms with Gasteiger partial charge >= 0.3 is 0 Å². The summed E-state index contributed by atoms with van der Waals surface area (Å²) in [6.07, 6.45) is 1.68. The lowest BCUT2D eigenvalue weighted by Crippen LogP contribution is -2.16. The summed E-state index contributed by atoms with van der Waals surface area (Å²) in [5.74, 6) is 1.00. The molecule has 0 bridgehead atoms. The van der Waals surface area contributed by atoms with Crippen molar-refractivity contribution in [3.63, 3.8) is 0 Å². The maximum absolute atomic E-state index is 12.9. The molecule has 2 aromatic heterocycles. The van der Waals surface area contributed by atoms with Gasteiger partial charge in [0.1, 0.15) is 23.1 Å². The van der Waals surface area contributed by atoms with Gasteiger partial charge in [-0.25, -0.2) is 0 Å². The third kappa shape index (κ3) is 5.00. The molecule has 0 saturated carbocycles. The number of aromatic nitrogens is 3. The lowest BCUT2D eigenvalue weighted by Gasteiger charge is -2.07. The van der Waals surface area contributed by atoms with Gasteiger partial charge < -0.3 is 14.6 Å². The largest absolute Gasteiger partial charge is 0.489 e. The topological polar surface area (TPSA) is 82.2 Å². The third-order valence-electron chi connectivity index (χ3n) is 4.98. The Hall–Kier alpha value is -3.58. The second-order valence-corrected chi connectivity index (χ2v) is 8.04. The molecule has 0 fully saturated rings. The molecule has 0 spiro atoms. The van der Waals surface area contributed by atoms with Crippen molar-refractivity contribution in [2.75, 3.05) is 5.32 Å². The summed E-state index contributed by atoms with van der Waals surface area (Å²) >= 11 is 6.31. The lowest BCUT2D eigenvalue weighted by atomic mass is 10.1. The van der Waals surface area contributed by atoms with Crippen molar-refractivity contribution in [3.8, 4) is 5.75 Å². The highest BCUT2D eigenvalue weighted by atomic mass is 35.5. The second-order valence-electron chi connectivity index (χ2n) is 7.63. The fourth-order valence-electron chi connectivity index (χ4n) is 3.26. The minimum atomic E-state index is -0.466. The number of nitrogens with one attached hydrogen (secondary N) is 1. The SMILES string of the molecule is Cc1ccc(OCc2c(C(=O)Nc3nn(Cc4cccc(C)c4)cc3Cl)noc2C)cc1. The van der Waals surface area contributed by atoms with E-state index < -0.39 is 5.91 Å². The molecule has 7 nitrogen and oxygen atoms in total. The van der Waals surface area contributed by atoms with Gasteiger partial charge in [0.05, 0.1) is 12.1 Å². The van der Waals surface area contributed by atoms with Crippen LogP contribution in [0, 0.1) is 20.8 Å². The zero-order chi connectivity index (χ0) is 22.7. The van der Waals surface area contributed by atoms with Crippen LogP contribution in [-0.2, 0) is 13.2 Å². The first-order chi connectivity index (χ1) is 15.4. The molecule has 32 heavy (non-hydrogen) atoms. The van der Waals surface area contributed by atoms with Crippen LogP contribution in [0.25, 0.3) is 0 Å². The van der Waals surface area contributed by atoms with Crippen LogP contribution in [0.3, 0.4) is 0 Å². The molecule has 0 radical (unpaired) electrons. The number of rotatable bonds is 7. The van der Waals surface area contributed by atoms with Gasteiger partial charge in [-0.2, -0.15) is 5.10 Å². The zero-order valence-corrected chi connectivity index (χ0v) is 18.8. The number of benzene rings is 2. The van der Waals surface area contributed by atoms with Crippen molar-refractivity contribution in [1.29, 1.82) is 0 Å². The number of hydrogen-bond acceptors (Lipinski definition) is 5. The van der Waals surface area contributed by atoms with Crippen LogP contribution in [0.5, 0.6) is 5.75 Å². The number of amides is 1. The minimum absolute atomic E-state index is 0.138. The summed E-state index contributed by atoms with van der Waals surface area (Å²) in [4.78, 5) is 12.9. The maximum Gasteiger partial charge on any atom is 0.279 e. The van der Waals surface area contributed by atoms with E-state index in [1.54, 1.807) is 17.8 Å². The van der Waals surface area contributed by atoms with Crippen molar-refractivity contribution in [1.82, 2.24) is 14.9 Å². The van der Waals surface area contributed by atoms with Crippen molar-refractivity contribution < 1.29 is 14.1 Å². The van der Waals surface area contributed by atoms with Crippen LogP contribution in [0.15, 0.2) is 59.3 Å². The smallest absolute Gasteiger partial charge is 0.279 e. The van der Waals surface area contributed by atoms with Gasteiger partial charge in [-0.15, -0.1) is 0 Å². The molecule has 4 rings (SSSR count). The average molecular weight is 451 g/mol. The van der Waals surface area contributed by atoms with E-state index in [0.717, 1.165) is 16.7 Å². The van der Waals surface area contributed by atoms with Crippen molar-refractivity contribution in [2.45, 2.75) is 33.9 Å². The monoisotopic (exact) mass is 450 g/mol. The van der Waals surface area contributed by atoms with Crippen molar-refractivity contribution >= 4 is 23.3 Å². The Balaban J connectivity index is 1.46. The van der Waals surface area contributed by atoms with E-state index in [4.69, 9.17) is 20.9 Å². The van der Waals surface area contributed by atoms with Gasteiger partial charge in [-0.1, -0.05) is 64.3 Å². The van der Waals surface area contributed by atoms with Crippen LogP contribution >= 0.6 is 11.6 Å². The predicted molar refractivity (Wildman–Crippen MR) is 122 cm³/mol. The van der Waals surface area contributed by atoms with Gasteiger partial charge in [0, 0.05) is 6.20 Å². The molecule has 0 aliphatic heterocycles. The summed E-state index contributed by atoms with van der Waals surface area (Å²) in [6.45, 7) is 6.46. The molecule has 1 amide bonds. The third-order valence-corrected chi connectivity index (χ3v) is 5.26. The number of carbonyl (C=O) groups is 1. The molecule has 164 valence electrons. The molecule has 0 unspecified atom stereocenters. The van der Waals surface area contributed by atoms with E-state index >= 15 is 0 Å². The van der Waals surface area contributed by atoms with Gasteiger partial charge in [-0.05, 0) is 38.5 Å². The number of aryl methyl sites for hydroxylation is 3. The summed E-state index contributed by atoms with van der Waals surface area (Å²) in [6, 6.07) is 15.8. The summed E-state index contributed by atoms with van der Waals surface area (Å²) in [7, 11) is 0. The van der Waals surface area contributed by atoms with E-state index in [2.05, 4.69) is 21.6 Å². The highest BCUT2D eigenvalue weighted by Gasteiger charge is 2.22. The number of carbonyl (C=O) groups excluding carboxylic acids is 1. The Labute approximate surface area is 190 Å². The fourth-order valence-corrected chi connectivity index (χ4v) is 3.45. The standard InChI is InChI=1S/C24H23ClN4O3/c1-15-7-9-19(10-8-15)31-14-20-17(3)32-28-22(20)24(30)26-23-21(25)13-29(27-23)12-18-6-4-5-16(2)11-18/h4-11,13H,12,14H2,1-3H3,(H,26,27,30). The average Bonchev–Trinajstić information content (AvgIpc) is 3.29. The van der Waals surface area contributed by atoms with Crippen LogP contribution in [0.2, 0.25) is 5.02 Å². The molecule has 2 heterocycles. The van der Waals surface area contributed by atoms with Crippen molar-refractivity contribution in [2.24, 2.45) is 0 Å². The first-order valence-corrected chi connectivity index (χ1v) is 10.5. The van der Waals surface area contributed by atoms with Gasteiger partial charge in [0.25, 0.3) is 5.91 Å².